The SMILES string of the molecule is C=CCC(Oc1ccc(CC(CC)(OCC)C(=O)O)c(C)c1)c1sc(-c2ccc(C(F)(F)F)cc2)nc1C. The molecule has 0 radical (unpaired) electrons. The topological polar surface area (TPSA) is 68.7 Å². The van der Waals surface area contributed by atoms with E-state index in [0.29, 0.717) is 35.8 Å². The lowest BCUT2D eigenvalue weighted by molar-refractivity contribution is -0.166. The monoisotopic (exact) mass is 547 g/mol. The van der Waals surface area contributed by atoms with E-state index in [4.69, 9.17) is 9.47 Å². The first-order valence-corrected chi connectivity index (χ1v) is 13.1. The molecule has 0 amide bonds. The van der Waals surface area contributed by atoms with Crippen LogP contribution in [0.5, 0.6) is 5.75 Å². The molecule has 5 nitrogen and oxygen atoms in total. The molecular weight excluding hydrogens is 515 g/mol. The summed E-state index contributed by atoms with van der Waals surface area (Å²) >= 11 is 1.37. The molecule has 0 aliphatic heterocycles. The number of benzene rings is 2. The Hall–Kier alpha value is -3.17. The molecule has 2 aromatic carbocycles. The predicted octanol–water partition coefficient (Wildman–Crippen LogP) is 7.95. The molecule has 0 bridgehead atoms. The Bertz CT molecular complexity index is 1270. The van der Waals surface area contributed by atoms with E-state index >= 15 is 0 Å². The van der Waals surface area contributed by atoms with Crippen LogP contribution in [-0.4, -0.2) is 28.3 Å². The van der Waals surface area contributed by atoms with Crippen molar-refractivity contribution in [3.05, 3.63) is 82.4 Å². The number of rotatable bonds is 12. The van der Waals surface area contributed by atoms with Crippen molar-refractivity contribution in [1.82, 2.24) is 4.98 Å². The van der Waals surface area contributed by atoms with Crippen LogP contribution in [0.2, 0.25) is 0 Å². The summed E-state index contributed by atoms with van der Waals surface area (Å²) < 4.78 is 50.8. The predicted molar refractivity (Wildman–Crippen MR) is 143 cm³/mol. The first kappa shape index (κ1) is 29.4. The largest absolute Gasteiger partial charge is 0.484 e. The molecule has 0 saturated carbocycles. The van der Waals surface area contributed by atoms with E-state index in [9.17, 15) is 23.1 Å². The minimum absolute atomic E-state index is 0.235. The first-order valence-electron chi connectivity index (χ1n) is 12.3. The fraction of sp³-hybridized carbons (Fsp3) is 0.379. The number of carboxylic acids is 1. The van der Waals surface area contributed by atoms with E-state index in [2.05, 4.69) is 11.6 Å². The molecule has 1 aromatic heterocycles. The van der Waals surface area contributed by atoms with Crippen LogP contribution in [0.4, 0.5) is 13.2 Å². The van der Waals surface area contributed by atoms with Crippen molar-refractivity contribution >= 4 is 17.3 Å². The van der Waals surface area contributed by atoms with Gasteiger partial charge in [-0.25, -0.2) is 9.78 Å². The highest BCUT2D eigenvalue weighted by Gasteiger charge is 2.38. The molecule has 9 heteroatoms. The van der Waals surface area contributed by atoms with Crippen LogP contribution in [0, 0.1) is 13.8 Å². The Kier molecular flexibility index (Phi) is 9.38. The molecule has 2 unspecified atom stereocenters. The summed E-state index contributed by atoms with van der Waals surface area (Å²) in [6.45, 7) is 11.5. The summed E-state index contributed by atoms with van der Waals surface area (Å²) in [4.78, 5) is 17.4. The third kappa shape index (κ3) is 6.63. The number of aliphatic carboxylic acids is 1. The normalized spacial score (nSPS) is 14.1. The zero-order valence-electron chi connectivity index (χ0n) is 21.9. The van der Waals surface area contributed by atoms with Gasteiger partial charge in [0, 0.05) is 25.0 Å². The van der Waals surface area contributed by atoms with E-state index in [-0.39, 0.29) is 6.42 Å². The van der Waals surface area contributed by atoms with Crippen LogP contribution in [0.3, 0.4) is 0 Å². The maximum Gasteiger partial charge on any atom is 0.416 e. The number of aromatic nitrogens is 1. The highest BCUT2D eigenvalue weighted by Crippen LogP contribution is 2.38. The highest BCUT2D eigenvalue weighted by molar-refractivity contribution is 7.15. The lowest BCUT2D eigenvalue weighted by atomic mass is 9.89. The van der Waals surface area contributed by atoms with E-state index in [1.807, 2.05) is 26.0 Å². The number of nitrogens with zero attached hydrogens (tertiary/aromatic N) is 1. The van der Waals surface area contributed by atoms with Gasteiger partial charge in [0.2, 0.25) is 0 Å². The van der Waals surface area contributed by atoms with Crippen molar-refractivity contribution in [2.75, 3.05) is 6.61 Å². The summed E-state index contributed by atoms with van der Waals surface area (Å²) in [7, 11) is 0. The maximum absolute atomic E-state index is 12.9. The standard InChI is InChI=1S/C29H32F3NO4S/c1-6-9-24(25-19(5)33-26(38-25)20-10-13-22(14-11-20)29(30,31)32)37-23-15-12-21(18(4)16-23)17-28(7-2,27(34)35)36-8-3/h6,10-16,24H,1,7-9,17H2,2-5H3,(H,34,35). The molecule has 2 atom stereocenters. The van der Waals surface area contributed by atoms with Crippen LogP contribution in [0.25, 0.3) is 10.6 Å². The van der Waals surface area contributed by atoms with Gasteiger partial charge in [-0.15, -0.1) is 17.9 Å². The minimum atomic E-state index is -4.40. The zero-order valence-corrected chi connectivity index (χ0v) is 22.7. The fourth-order valence-electron chi connectivity index (χ4n) is 4.25. The van der Waals surface area contributed by atoms with Crippen molar-refractivity contribution in [3.8, 4) is 16.3 Å². The zero-order chi connectivity index (χ0) is 28.1. The van der Waals surface area contributed by atoms with Crippen LogP contribution < -0.4 is 4.74 Å². The van der Waals surface area contributed by atoms with Gasteiger partial charge >= 0.3 is 12.1 Å². The second-order valence-electron chi connectivity index (χ2n) is 9.03. The van der Waals surface area contributed by atoms with Crippen LogP contribution in [-0.2, 0) is 22.1 Å². The van der Waals surface area contributed by atoms with Gasteiger partial charge in [-0.3, -0.25) is 0 Å². The fourth-order valence-corrected chi connectivity index (χ4v) is 5.36. The van der Waals surface area contributed by atoms with Crippen molar-refractivity contribution in [2.24, 2.45) is 0 Å². The van der Waals surface area contributed by atoms with Gasteiger partial charge in [-0.1, -0.05) is 31.2 Å². The molecule has 3 aromatic rings. The van der Waals surface area contributed by atoms with E-state index in [1.54, 1.807) is 26.0 Å². The molecule has 0 saturated heterocycles. The Morgan fingerprint density at radius 1 is 1.16 bits per heavy atom. The molecule has 38 heavy (non-hydrogen) atoms. The van der Waals surface area contributed by atoms with E-state index in [0.717, 1.165) is 33.8 Å². The molecule has 0 fully saturated rings. The number of hydrogen-bond acceptors (Lipinski definition) is 5. The Morgan fingerprint density at radius 2 is 1.84 bits per heavy atom. The summed E-state index contributed by atoms with van der Waals surface area (Å²) in [6.07, 6.45) is -1.98. The van der Waals surface area contributed by atoms with Crippen molar-refractivity contribution in [3.63, 3.8) is 0 Å². The van der Waals surface area contributed by atoms with Crippen LogP contribution >= 0.6 is 11.3 Å². The van der Waals surface area contributed by atoms with Crippen molar-refractivity contribution < 1.29 is 32.5 Å². The molecule has 1 heterocycles. The first-order chi connectivity index (χ1) is 17.9. The van der Waals surface area contributed by atoms with Crippen LogP contribution in [0.1, 0.15) is 60.1 Å². The molecule has 204 valence electrons. The second kappa shape index (κ2) is 12.1. The molecule has 1 N–H and O–H groups in total. The number of thiazole rings is 1. The lowest BCUT2D eigenvalue weighted by Crippen LogP contribution is -2.43. The summed E-state index contributed by atoms with van der Waals surface area (Å²) in [5.74, 6) is -0.382. The number of halogens is 3. The summed E-state index contributed by atoms with van der Waals surface area (Å²) in [5.41, 5.74) is 1.07. The molecule has 0 spiro atoms. The van der Waals surface area contributed by atoms with Crippen LogP contribution in [0.15, 0.2) is 55.1 Å². The number of ether oxygens (including phenoxy) is 2. The average molecular weight is 548 g/mol. The number of carbonyl (C=O) groups is 1. The van der Waals surface area contributed by atoms with E-state index in [1.165, 1.54) is 23.5 Å². The highest BCUT2D eigenvalue weighted by atomic mass is 32.1. The van der Waals surface area contributed by atoms with Gasteiger partial charge in [0.05, 0.1) is 16.1 Å². The van der Waals surface area contributed by atoms with Crippen molar-refractivity contribution in [2.45, 2.75) is 64.8 Å². The number of aryl methyl sites for hydroxylation is 2. The van der Waals surface area contributed by atoms with E-state index < -0.39 is 29.4 Å². The molecular formula is C29H32F3NO4S. The summed E-state index contributed by atoms with van der Waals surface area (Å²) in [6, 6.07) is 10.5. The van der Waals surface area contributed by atoms with Gasteiger partial charge in [0.25, 0.3) is 0 Å². The molecule has 0 aliphatic carbocycles. The Labute approximate surface area is 225 Å². The summed E-state index contributed by atoms with van der Waals surface area (Å²) in [5, 5.41) is 10.4. The van der Waals surface area contributed by atoms with Gasteiger partial charge in [0.15, 0.2) is 5.60 Å². The Morgan fingerprint density at radius 3 is 2.37 bits per heavy atom. The lowest BCUT2D eigenvalue weighted by Gasteiger charge is -2.29. The van der Waals surface area contributed by atoms with Gasteiger partial charge in [-0.2, -0.15) is 13.2 Å². The number of alkyl halides is 3. The van der Waals surface area contributed by atoms with Gasteiger partial charge in [-0.05, 0) is 62.6 Å². The second-order valence-corrected chi connectivity index (χ2v) is 10.1. The third-order valence-electron chi connectivity index (χ3n) is 6.41. The van der Waals surface area contributed by atoms with Gasteiger partial charge < -0.3 is 14.6 Å². The van der Waals surface area contributed by atoms with Crippen molar-refractivity contribution in [1.29, 1.82) is 0 Å². The smallest absolute Gasteiger partial charge is 0.416 e. The molecule has 0 aliphatic rings. The number of carboxylic acid groups (broad SMARTS) is 1. The third-order valence-corrected chi connectivity index (χ3v) is 7.71. The van der Waals surface area contributed by atoms with Gasteiger partial charge in [0.1, 0.15) is 16.9 Å². The maximum atomic E-state index is 12.9. The molecule has 3 rings (SSSR count). The quantitative estimate of drug-likeness (QED) is 0.233. The minimum Gasteiger partial charge on any atom is -0.484 e. The number of hydrogen-bond donors (Lipinski definition) is 1. The Balaban J connectivity index is 1.85. The average Bonchev–Trinajstić information content (AvgIpc) is 3.25.